The van der Waals surface area contributed by atoms with Gasteiger partial charge in [-0.3, -0.25) is 0 Å². The molecule has 0 saturated carbocycles. The van der Waals surface area contributed by atoms with E-state index < -0.39 is 0 Å². The Bertz CT molecular complexity index is 235. The summed E-state index contributed by atoms with van der Waals surface area (Å²) in [6, 6.07) is 10.9. The fourth-order valence-corrected chi connectivity index (χ4v) is 1.42. The van der Waals surface area contributed by atoms with Crippen molar-refractivity contribution in [2.24, 2.45) is 0 Å². The second-order valence-corrected chi connectivity index (χ2v) is 3.55. The van der Waals surface area contributed by atoms with Crippen LogP contribution in [0.2, 0.25) is 0 Å². The van der Waals surface area contributed by atoms with Crippen LogP contribution in [0.3, 0.4) is 0 Å². The Kier molecular flexibility index (Phi) is 5.27. The number of benzene rings is 1. The average molecular weight is 193 g/mol. The predicted molar refractivity (Wildman–Crippen MR) is 59.5 cm³/mol. The third-order valence-electron chi connectivity index (χ3n) is 2.17. The van der Waals surface area contributed by atoms with Crippen molar-refractivity contribution >= 4 is 0 Å². The smallest absolute Gasteiger partial charge is 0.0613 e. The number of hydrogen-bond donors (Lipinski definition) is 1. The lowest BCUT2D eigenvalue weighted by Crippen LogP contribution is -2.31. The molecular formula is C12H19NO. The van der Waals surface area contributed by atoms with Crippen LogP contribution in [0.1, 0.15) is 12.5 Å². The van der Waals surface area contributed by atoms with Crippen LogP contribution in [-0.4, -0.2) is 26.3 Å². The summed E-state index contributed by atoms with van der Waals surface area (Å²) in [6.45, 7) is 3.91. The first-order valence-corrected chi connectivity index (χ1v) is 5.09. The molecule has 0 aliphatic carbocycles. The fraction of sp³-hybridized carbons (Fsp3) is 0.500. The minimum atomic E-state index is 0.434. The highest BCUT2D eigenvalue weighted by Gasteiger charge is 1.98. The molecule has 1 aromatic carbocycles. The molecule has 0 aliphatic rings. The quantitative estimate of drug-likeness (QED) is 0.744. The van der Waals surface area contributed by atoms with Crippen LogP contribution in [0.5, 0.6) is 0 Å². The van der Waals surface area contributed by atoms with Gasteiger partial charge >= 0.3 is 0 Å². The first-order chi connectivity index (χ1) is 6.83. The molecule has 1 aromatic rings. The number of nitrogens with one attached hydrogen (secondary N) is 1. The minimum Gasteiger partial charge on any atom is -0.383 e. The first-order valence-electron chi connectivity index (χ1n) is 5.09. The molecule has 0 heterocycles. The molecular weight excluding hydrogens is 174 g/mol. The molecule has 0 bridgehead atoms. The zero-order valence-corrected chi connectivity index (χ0v) is 8.99. The lowest BCUT2D eigenvalue weighted by Gasteiger charge is -2.12. The number of ether oxygens (including phenoxy) is 1. The van der Waals surface area contributed by atoms with Gasteiger partial charge in [-0.05, 0) is 25.5 Å². The van der Waals surface area contributed by atoms with E-state index in [1.807, 2.05) is 6.07 Å². The van der Waals surface area contributed by atoms with Gasteiger partial charge in [-0.2, -0.15) is 0 Å². The van der Waals surface area contributed by atoms with Gasteiger partial charge in [-0.1, -0.05) is 30.3 Å². The normalized spacial score (nSPS) is 12.7. The molecule has 0 spiro atoms. The lowest BCUT2D eigenvalue weighted by molar-refractivity contribution is 0.172. The summed E-state index contributed by atoms with van der Waals surface area (Å²) in [7, 11) is 1.73. The van der Waals surface area contributed by atoms with Crippen molar-refractivity contribution in [3.8, 4) is 0 Å². The second-order valence-electron chi connectivity index (χ2n) is 3.55. The van der Waals surface area contributed by atoms with Gasteiger partial charge in [0.2, 0.25) is 0 Å². The molecule has 2 nitrogen and oxygen atoms in total. The molecule has 0 fully saturated rings. The maximum atomic E-state index is 5.04. The topological polar surface area (TPSA) is 21.3 Å². The van der Waals surface area contributed by atoms with Crippen LogP contribution in [0.15, 0.2) is 30.3 Å². The molecule has 1 atom stereocenters. The third kappa shape index (κ3) is 4.40. The zero-order chi connectivity index (χ0) is 10.2. The van der Waals surface area contributed by atoms with E-state index in [0.717, 1.165) is 19.6 Å². The summed E-state index contributed by atoms with van der Waals surface area (Å²) in [4.78, 5) is 0. The largest absolute Gasteiger partial charge is 0.383 e. The van der Waals surface area contributed by atoms with Crippen LogP contribution in [0, 0.1) is 0 Å². The number of hydrogen-bond acceptors (Lipinski definition) is 2. The average Bonchev–Trinajstić information content (AvgIpc) is 2.20. The van der Waals surface area contributed by atoms with Gasteiger partial charge in [0.15, 0.2) is 0 Å². The van der Waals surface area contributed by atoms with Gasteiger partial charge in [-0.25, -0.2) is 0 Å². The Labute approximate surface area is 86.3 Å². The van der Waals surface area contributed by atoms with E-state index in [9.17, 15) is 0 Å². The summed E-state index contributed by atoms with van der Waals surface area (Å²) in [5, 5.41) is 3.41. The Hall–Kier alpha value is -0.860. The molecule has 0 aliphatic heterocycles. The van der Waals surface area contributed by atoms with Crippen molar-refractivity contribution < 1.29 is 4.74 Å². The van der Waals surface area contributed by atoms with Crippen LogP contribution in [0.4, 0.5) is 0 Å². The monoisotopic (exact) mass is 193 g/mol. The third-order valence-corrected chi connectivity index (χ3v) is 2.17. The molecule has 0 radical (unpaired) electrons. The zero-order valence-electron chi connectivity index (χ0n) is 8.99. The maximum absolute atomic E-state index is 5.04. The van der Waals surface area contributed by atoms with Gasteiger partial charge < -0.3 is 10.1 Å². The van der Waals surface area contributed by atoms with Crippen molar-refractivity contribution in [1.82, 2.24) is 5.32 Å². The van der Waals surface area contributed by atoms with E-state index in [1.54, 1.807) is 7.11 Å². The van der Waals surface area contributed by atoms with Gasteiger partial charge in [0.05, 0.1) is 6.61 Å². The van der Waals surface area contributed by atoms with Crippen LogP contribution in [0.25, 0.3) is 0 Å². The molecule has 2 heteroatoms. The Morgan fingerprint density at radius 1 is 1.29 bits per heavy atom. The van der Waals surface area contributed by atoms with E-state index in [0.29, 0.717) is 6.04 Å². The summed E-state index contributed by atoms with van der Waals surface area (Å²) in [5.41, 5.74) is 1.38. The predicted octanol–water partition coefficient (Wildman–Crippen LogP) is 1.85. The molecule has 1 rings (SSSR count). The van der Waals surface area contributed by atoms with Crippen molar-refractivity contribution in [3.05, 3.63) is 35.9 Å². The highest BCUT2D eigenvalue weighted by atomic mass is 16.5. The van der Waals surface area contributed by atoms with E-state index in [1.165, 1.54) is 5.56 Å². The van der Waals surface area contributed by atoms with Crippen molar-refractivity contribution in [3.63, 3.8) is 0 Å². The molecule has 1 N–H and O–H groups in total. The van der Waals surface area contributed by atoms with Gasteiger partial charge in [0.1, 0.15) is 0 Å². The standard InChI is InChI=1S/C12H19NO/c1-11(10-14-2)13-9-8-12-6-4-3-5-7-12/h3-7,11,13H,8-10H2,1-2H3/t11-/m1/s1. The van der Waals surface area contributed by atoms with Gasteiger partial charge in [-0.15, -0.1) is 0 Å². The highest BCUT2D eigenvalue weighted by molar-refractivity contribution is 5.14. The Morgan fingerprint density at radius 3 is 2.64 bits per heavy atom. The summed E-state index contributed by atoms with van der Waals surface area (Å²) >= 11 is 0. The molecule has 0 aromatic heterocycles. The fourth-order valence-electron chi connectivity index (χ4n) is 1.42. The maximum Gasteiger partial charge on any atom is 0.0613 e. The molecule has 78 valence electrons. The molecule has 0 saturated heterocycles. The van der Waals surface area contributed by atoms with Crippen LogP contribution < -0.4 is 5.32 Å². The Morgan fingerprint density at radius 2 is 2.00 bits per heavy atom. The SMILES string of the molecule is COC[C@@H](C)NCCc1ccccc1. The van der Waals surface area contributed by atoms with Crippen molar-refractivity contribution in [2.75, 3.05) is 20.3 Å². The van der Waals surface area contributed by atoms with Crippen LogP contribution >= 0.6 is 0 Å². The molecule has 0 unspecified atom stereocenters. The summed E-state index contributed by atoms with van der Waals surface area (Å²) in [6.07, 6.45) is 1.08. The van der Waals surface area contributed by atoms with Gasteiger partial charge in [0.25, 0.3) is 0 Å². The minimum absolute atomic E-state index is 0.434. The Balaban J connectivity index is 2.16. The first kappa shape index (κ1) is 11.2. The number of rotatable bonds is 6. The van der Waals surface area contributed by atoms with Gasteiger partial charge in [0, 0.05) is 13.2 Å². The van der Waals surface area contributed by atoms with E-state index in [-0.39, 0.29) is 0 Å². The summed E-state index contributed by atoms with van der Waals surface area (Å²) in [5.74, 6) is 0. The molecule has 0 amide bonds. The molecule has 14 heavy (non-hydrogen) atoms. The lowest BCUT2D eigenvalue weighted by atomic mass is 10.1. The highest BCUT2D eigenvalue weighted by Crippen LogP contribution is 1.98. The van der Waals surface area contributed by atoms with E-state index in [4.69, 9.17) is 4.74 Å². The number of methoxy groups -OCH3 is 1. The second kappa shape index (κ2) is 6.57. The van der Waals surface area contributed by atoms with Crippen molar-refractivity contribution in [2.45, 2.75) is 19.4 Å². The van der Waals surface area contributed by atoms with Crippen molar-refractivity contribution in [1.29, 1.82) is 0 Å². The summed E-state index contributed by atoms with van der Waals surface area (Å²) < 4.78 is 5.04. The van der Waals surface area contributed by atoms with E-state index >= 15 is 0 Å². The van der Waals surface area contributed by atoms with Crippen LogP contribution in [-0.2, 0) is 11.2 Å². The van der Waals surface area contributed by atoms with E-state index in [2.05, 4.69) is 36.5 Å².